The van der Waals surface area contributed by atoms with Crippen LogP contribution in [0.15, 0.2) is 81.6 Å². The van der Waals surface area contributed by atoms with Gasteiger partial charge in [-0.2, -0.15) is 4.98 Å². The maximum atomic E-state index is 14.1. The van der Waals surface area contributed by atoms with Crippen LogP contribution in [-0.2, 0) is 13.0 Å². The van der Waals surface area contributed by atoms with Crippen molar-refractivity contribution in [3.05, 3.63) is 101 Å². The molecule has 0 fully saturated rings. The molecular weight excluding hydrogens is 435 g/mol. The van der Waals surface area contributed by atoms with Crippen molar-refractivity contribution in [3.63, 3.8) is 0 Å². The highest BCUT2D eigenvalue weighted by atomic mass is 19.1. The molecule has 8 heteroatoms. The Labute approximate surface area is 195 Å². The van der Waals surface area contributed by atoms with E-state index in [1.165, 1.54) is 17.7 Å². The van der Waals surface area contributed by atoms with Gasteiger partial charge in [-0.1, -0.05) is 48.5 Å². The summed E-state index contributed by atoms with van der Waals surface area (Å²) in [5.74, 6) is 0.917. The Morgan fingerprint density at radius 2 is 1.94 bits per heavy atom. The Balaban J connectivity index is 1.58. The van der Waals surface area contributed by atoms with Crippen molar-refractivity contribution >= 4 is 11.6 Å². The van der Waals surface area contributed by atoms with Gasteiger partial charge in [-0.15, -0.1) is 0 Å². The first-order chi connectivity index (χ1) is 16.5. The molecule has 5 rings (SSSR count). The van der Waals surface area contributed by atoms with Crippen LogP contribution in [0.25, 0.3) is 17.0 Å². The molecule has 1 N–H and O–H groups in total. The smallest absolute Gasteiger partial charge is 0.322 e. The van der Waals surface area contributed by atoms with Crippen molar-refractivity contribution in [2.45, 2.75) is 32.9 Å². The van der Waals surface area contributed by atoms with Crippen LogP contribution in [0, 0.1) is 5.82 Å². The van der Waals surface area contributed by atoms with Gasteiger partial charge >= 0.3 is 6.03 Å². The SMILES string of the molecule is CCc1ccc(-c2noc(C3=C(C)N(Cc4ccco4)C(=O)NC3c3cccc(F)c3)n2)cc1. The van der Waals surface area contributed by atoms with Gasteiger partial charge in [0.25, 0.3) is 5.89 Å². The minimum absolute atomic E-state index is 0.226. The molecular formula is C26H23FN4O3. The fourth-order valence-corrected chi connectivity index (χ4v) is 4.08. The largest absolute Gasteiger partial charge is 0.467 e. The Hall–Kier alpha value is -4.20. The molecule has 34 heavy (non-hydrogen) atoms. The zero-order valence-electron chi connectivity index (χ0n) is 18.8. The lowest BCUT2D eigenvalue weighted by Gasteiger charge is -2.34. The average molecular weight is 458 g/mol. The summed E-state index contributed by atoms with van der Waals surface area (Å²) in [6, 6.07) is 16.6. The minimum Gasteiger partial charge on any atom is -0.467 e. The van der Waals surface area contributed by atoms with E-state index in [2.05, 4.69) is 22.4 Å². The fourth-order valence-electron chi connectivity index (χ4n) is 4.08. The minimum atomic E-state index is -0.660. The predicted octanol–water partition coefficient (Wildman–Crippen LogP) is 5.73. The van der Waals surface area contributed by atoms with Crippen molar-refractivity contribution in [3.8, 4) is 11.4 Å². The Kier molecular flexibility index (Phi) is 5.71. The maximum absolute atomic E-state index is 14.1. The monoisotopic (exact) mass is 458 g/mol. The number of rotatable bonds is 6. The standard InChI is InChI=1S/C26H23FN4O3/c1-3-17-9-11-18(12-10-17)24-29-25(34-30-24)22-16(2)31(15-21-8-5-13-33-21)26(32)28-23(22)19-6-4-7-20(27)14-19/h4-14,23H,3,15H2,1-2H3,(H,28,32). The van der Waals surface area contributed by atoms with Crippen LogP contribution >= 0.6 is 0 Å². The molecule has 4 aromatic rings. The molecule has 0 radical (unpaired) electrons. The number of aromatic nitrogens is 2. The number of amides is 2. The number of nitrogens with zero attached hydrogens (tertiary/aromatic N) is 3. The van der Waals surface area contributed by atoms with E-state index >= 15 is 0 Å². The first kappa shape index (κ1) is 21.6. The third kappa shape index (κ3) is 4.10. The molecule has 0 aliphatic carbocycles. The number of halogens is 1. The topological polar surface area (TPSA) is 84.4 Å². The van der Waals surface area contributed by atoms with Gasteiger partial charge in [0.1, 0.15) is 11.6 Å². The number of carbonyl (C=O) groups is 1. The number of hydrogen-bond acceptors (Lipinski definition) is 5. The second-order valence-electron chi connectivity index (χ2n) is 8.08. The molecule has 1 aliphatic rings. The van der Waals surface area contributed by atoms with Gasteiger partial charge in [-0.05, 0) is 48.7 Å². The highest BCUT2D eigenvalue weighted by Crippen LogP contribution is 2.38. The zero-order chi connectivity index (χ0) is 23.7. The fraction of sp³-hybridized carbons (Fsp3) is 0.192. The van der Waals surface area contributed by atoms with E-state index in [9.17, 15) is 9.18 Å². The van der Waals surface area contributed by atoms with Crippen LogP contribution in [-0.4, -0.2) is 21.1 Å². The van der Waals surface area contributed by atoms with Gasteiger partial charge in [0.05, 0.1) is 24.4 Å². The zero-order valence-corrected chi connectivity index (χ0v) is 18.8. The van der Waals surface area contributed by atoms with E-state index in [0.717, 1.165) is 12.0 Å². The van der Waals surface area contributed by atoms with E-state index < -0.39 is 11.9 Å². The number of nitrogens with one attached hydrogen (secondary N) is 1. The van der Waals surface area contributed by atoms with E-state index in [4.69, 9.17) is 8.94 Å². The van der Waals surface area contributed by atoms with Crippen LogP contribution in [0.1, 0.15) is 42.7 Å². The number of urea groups is 1. The first-order valence-corrected chi connectivity index (χ1v) is 11.0. The molecule has 1 unspecified atom stereocenters. The van der Waals surface area contributed by atoms with Crippen LogP contribution in [0.5, 0.6) is 0 Å². The van der Waals surface area contributed by atoms with Gasteiger partial charge < -0.3 is 14.3 Å². The van der Waals surface area contributed by atoms with Gasteiger partial charge in [0.15, 0.2) is 0 Å². The average Bonchev–Trinajstić information content (AvgIpc) is 3.54. The molecule has 0 saturated carbocycles. The molecule has 1 atom stereocenters. The van der Waals surface area contributed by atoms with Gasteiger partial charge in [0, 0.05) is 11.3 Å². The summed E-state index contributed by atoms with van der Waals surface area (Å²) in [5, 5.41) is 7.13. The summed E-state index contributed by atoms with van der Waals surface area (Å²) in [5.41, 5.74) is 3.82. The molecule has 7 nitrogen and oxygen atoms in total. The molecule has 2 amide bonds. The van der Waals surface area contributed by atoms with E-state index in [1.54, 1.807) is 35.4 Å². The van der Waals surface area contributed by atoms with E-state index in [0.29, 0.717) is 28.4 Å². The third-order valence-corrected chi connectivity index (χ3v) is 5.95. The highest BCUT2D eigenvalue weighted by Gasteiger charge is 2.36. The summed E-state index contributed by atoms with van der Waals surface area (Å²) in [6.07, 6.45) is 2.49. The molecule has 0 saturated heterocycles. The number of benzene rings is 2. The summed E-state index contributed by atoms with van der Waals surface area (Å²) in [6.45, 7) is 4.13. The lowest BCUT2D eigenvalue weighted by atomic mass is 9.94. The number of furan rings is 1. The molecule has 1 aliphatic heterocycles. The number of carbonyl (C=O) groups excluding carboxylic acids is 1. The summed E-state index contributed by atoms with van der Waals surface area (Å²) in [4.78, 5) is 19.2. The molecule has 2 aromatic heterocycles. The molecule has 172 valence electrons. The van der Waals surface area contributed by atoms with E-state index in [1.807, 2.05) is 31.2 Å². The van der Waals surface area contributed by atoms with Gasteiger partial charge in [0.2, 0.25) is 5.82 Å². The van der Waals surface area contributed by atoms with Crippen molar-refractivity contribution in [1.29, 1.82) is 0 Å². The highest BCUT2D eigenvalue weighted by molar-refractivity contribution is 5.86. The molecule has 3 heterocycles. The van der Waals surface area contributed by atoms with Gasteiger partial charge in [-0.3, -0.25) is 4.90 Å². The van der Waals surface area contributed by atoms with Crippen LogP contribution in [0.2, 0.25) is 0 Å². The Morgan fingerprint density at radius 1 is 1.12 bits per heavy atom. The van der Waals surface area contributed by atoms with Crippen molar-refractivity contribution in [1.82, 2.24) is 20.4 Å². The Bertz CT molecular complexity index is 1340. The summed E-state index contributed by atoms with van der Waals surface area (Å²) in [7, 11) is 0. The molecule has 2 aromatic carbocycles. The van der Waals surface area contributed by atoms with Crippen molar-refractivity contribution < 1.29 is 18.1 Å². The molecule has 0 bridgehead atoms. The van der Waals surface area contributed by atoms with Crippen LogP contribution in [0.3, 0.4) is 0 Å². The van der Waals surface area contributed by atoms with Crippen molar-refractivity contribution in [2.75, 3.05) is 0 Å². The maximum Gasteiger partial charge on any atom is 0.322 e. The third-order valence-electron chi connectivity index (χ3n) is 5.95. The number of aryl methyl sites for hydroxylation is 1. The van der Waals surface area contributed by atoms with Gasteiger partial charge in [-0.25, -0.2) is 9.18 Å². The summed E-state index contributed by atoms with van der Waals surface area (Å²) >= 11 is 0. The predicted molar refractivity (Wildman–Crippen MR) is 124 cm³/mol. The molecule has 0 spiro atoms. The number of hydrogen-bond donors (Lipinski definition) is 1. The van der Waals surface area contributed by atoms with Crippen LogP contribution in [0.4, 0.5) is 9.18 Å². The normalized spacial score (nSPS) is 16.1. The second kappa shape index (κ2) is 8.97. The lowest BCUT2D eigenvalue weighted by molar-refractivity contribution is 0.199. The quantitative estimate of drug-likeness (QED) is 0.399. The second-order valence-corrected chi connectivity index (χ2v) is 8.08. The summed E-state index contributed by atoms with van der Waals surface area (Å²) < 4.78 is 25.2. The van der Waals surface area contributed by atoms with E-state index in [-0.39, 0.29) is 18.5 Å². The number of allylic oxidation sites excluding steroid dienone is 1. The van der Waals surface area contributed by atoms with Crippen LogP contribution < -0.4 is 5.32 Å². The lowest BCUT2D eigenvalue weighted by Crippen LogP contribution is -2.45. The van der Waals surface area contributed by atoms with Crippen molar-refractivity contribution in [2.24, 2.45) is 0 Å². The Morgan fingerprint density at radius 3 is 2.65 bits per heavy atom. The first-order valence-electron chi connectivity index (χ1n) is 11.0.